The second kappa shape index (κ2) is 7.38. The number of aromatic nitrogens is 4. The smallest absolute Gasteiger partial charge is 0.236 e. The van der Waals surface area contributed by atoms with E-state index in [2.05, 4.69) is 56.7 Å². The van der Waals surface area contributed by atoms with E-state index < -0.39 is 0 Å². The predicted octanol–water partition coefficient (Wildman–Crippen LogP) is 3.22. The van der Waals surface area contributed by atoms with Crippen LogP contribution in [0.15, 0.2) is 41.1 Å². The van der Waals surface area contributed by atoms with E-state index in [1.165, 1.54) is 35.0 Å². The molecular weight excluding hydrogens is 330 g/mol. The van der Waals surface area contributed by atoms with Gasteiger partial charge in [0, 0.05) is 10.9 Å². The van der Waals surface area contributed by atoms with Gasteiger partial charge in [0.05, 0.1) is 11.4 Å². The molecule has 23 heavy (non-hydrogen) atoms. The van der Waals surface area contributed by atoms with Crippen LogP contribution in [0.5, 0.6) is 0 Å². The Bertz CT molecular complexity index is 768. The number of benzene rings is 1. The first-order valence-corrected chi connectivity index (χ1v) is 8.94. The van der Waals surface area contributed by atoms with E-state index in [1.807, 2.05) is 5.38 Å². The molecule has 3 rings (SSSR count). The van der Waals surface area contributed by atoms with Gasteiger partial charge in [0.15, 0.2) is 10.3 Å². The summed E-state index contributed by atoms with van der Waals surface area (Å²) in [6, 6.07) is 8.31. The summed E-state index contributed by atoms with van der Waals surface area (Å²) in [5, 5.41) is 12.4. The molecule has 2 aromatic heterocycles. The Kier molecular flexibility index (Phi) is 5.04. The van der Waals surface area contributed by atoms with E-state index in [0.717, 1.165) is 17.7 Å². The number of aromatic amines is 1. The van der Waals surface area contributed by atoms with E-state index in [9.17, 15) is 4.79 Å². The van der Waals surface area contributed by atoms with Crippen LogP contribution in [0.1, 0.15) is 12.5 Å². The lowest BCUT2D eigenvalue weighted by Gasteiger charge is -2.00. The molecule has 0 radical (unpaired) electrons. The lowest BCUT2D eigenvalue weighted by molar-refractivity contribution is -0.113. The van der Waals surface area contributed by atoms with Crippen LogP contribution in [0, 0.1) is 0 Å². The van der Waals surface area contributed by atoms with Crippen LogP contribution in [0.2, 0.25) is 0 Å². The number of amides is 1. The Labute approximate surface area is 141 Å². The van der Waals surface area contributed by atoms with Crippen LogP contribution < -0.4 is 5.32 Å². The summed E-state index contributed by atoms with van der Waals surface area (Å²) in [7, 11) is 0. The number of hydrogen-bond acceptors (Lipinski definition) is 6. The number of anilines is 1. The Morgan fingerprint density at radius 2 is 2.17 bits per heavy atom. The molecule has 2 N–H and O–H groups in total. The molecule has 0 saturated heterocycles. The maximum absolute atomic E-state index is 11.9. The third kappa shape index (κ3) is 4.17. The Morgan fingerprint density at radius 3 is 2.87 bits per heavy atom. The molecule has 8 heteroatoms. The summed E-state index contributed by atoms with van der Waals surface area (Å²) in [4.78, 5) is 20.3. The predicted molar refractivity (Wildman–Crippen MR) is 92.7 cm³/mol. The standard InChI is InChI=1S/C15H15N5OS2/c1-2-10-3-5-11(6-4-10)12-7-22-15(18-12)19-13(21)8-23-14-16-9-17-20-14/h3-7,9H,2,8H2,1H3,(H,16,17,20)(H,18,19,21). The van der Waals surface area contributed by atoms with Gasteiger partial charge in [0.25, 0.3) is 0 Å². The van der Waals surface area contributed by atoms with Crippen molar-refractivity contribution in [3.05, 3.63) is 41.5 Å². The van der Waals surface area contributed by atoms with Crippen molar-refractivity contribution in [2.24, 2.45) is 0 Å². The molecule has 118 valence electrons. The summed E-state index contributed by atoms with van der Waals surface area (Å²) < 4.78 is 0. The maximum atomic E-state index is 11.9. The number of thioether (sulfide) groups is 1. The number of nitrogens with zero attached hydrogens (tertiary/aromatic N) is 3. The van der Waals surface area contributed by atoms with Crippen molar-refractivity contribution in [1.82, 2.24) is 20.2 Å². The lowest BCUT2D eigenvalue weighted by Crippen LogP contribution is -2.13. The average molecular weight is 345 g/mol. The van der Waals surface area contributed by atoms with Crippen molar-refractivity contribution in [2.75, 3.05) is 11.1 Å². The van der Waals surface area contributed by atoms with Gasteiger partial charge >= 0.3 is 0 Å². The topological polar surface area (TPSA) is 83.6 Å². The van der Waals surface area contributed by atoms with Gasteiger partial charge in [-0.3, -0.25) is 9.89 Å². The molecule has 0 atom stereocenters. The zero-order valence-electron chi connectivity index (χ0n) is 12.4. The third-order valence-corrected chi connectivity index (χ3v) is 4.78. The number of thiazole rings is 1. The first-order chi connectivity index (χ1) is 11.2. The molecule has 3 aromatic rings. The SMILES string of the molecule is CCc1ccc(-c2csc(NC(=O)CSc3ncn[nH]3)n2)cc1. The second-order valence-corrected chi connectivity index (χ2v) is 6.54. The minimum absolute atomic E-state index is 0.117. The molecule has 1 aromatic carbocycles. The number of aryl methyl sites for hydroxylation is 1. The molecule has 0 unspecified atom stereocenters. The summed E-state index contributed by atoms with van der Waals surface area (Å²) in [5.41, 5.74) is 3.22. The summed E-state index contributed by atoms with van der Waals surface area (Å²) in [6.07, 6.45) is 2.43. The van der Waals surface area contributed by atoms with Crippen molar-refractivity contribution in [1.29, 1.82) is 0 Å². The molecule has 0 saturated carbocycles. The van der Waals surface area contributed by atoms with Crippen molar-refractivity contribution >= 4 is 34.1 Å². The van der Waals surface area contributed by atoms with Gasteiger partial charge in [-0.15, -0.1) is 11.3 Å². The van der Waals surface area contributed by atoms with Crippen molar-refractivity contribution in [3.63, 3.8) is 0 Å². The minimum atomic E-state index is -0.117. The zero-order valence-corrected chi connectivity index (χ0v) is 14.1. The first-order valence-electron chi connectivity index (χ1n) is 7.07. The zero-order chi connectivity index (χ0) is 16.1. The van der Waals surface area contributed by atoms with Crippen LogP contribution in [-0.4, -0.2) is 31.8 Å². The van der Waals surface area contributed by atoms with Gasteiger partial charge in [0.2, 0.25) is 5.91 Å². The van der Waals surface area contributed by atoms with Gasteiger partial charge in [-0.1, -0.05) is 43.0 Å². The summed E-state index contributed by atoms with van der Waals surface area (Å²) in [5.74, 6) is 0.142. The number of nitrogens with one attached hydrogen (secondary N) is 2. The van der Waals surface area contributed by atoms with Crippen LogP contribution in [0.3, 0.4) is 0 Å². The van der Waals surface area contributed by atoms with Crippen LogP contribution >= 0.6 is 23.1 Å². The van der Waals surface area contributed by atoms with Gasteiger partial charge in [-0.2, -0.15) is 5.10 Å². The molecule has 0 spiro atoms. The highest BCUT2D eigenvalue weighted by Gasteiger charge is 2.09. The average Bonchev–Trinajstić information content (AvgIpc) is 3.25. The normalized spacial score (nSPS) is 10.7. The minimum Gasteiger partial charge on any atom is -0.301 e. The molecule has 0 fully saturated rings. The largest absolute Gasteiger partial charge is 0.301 e. The van der Waals surface area contributed by atoms with Crippen molar-refractivity contribution in [3.8, 4) is 11.3 Å². The lowest BCUT2D eigenvalue weighted by atomic mass is 10.1. The summed E-state index contributed by atoms with van der Waals surface area (Å²) in [6.45, 7) is 2.13. The fourth-order valence-corrected chi connectivity index (χ4v) is 3.24. The van der Waals surface area contributed by atoms with Gasteiger partial charge in [-0.05, 0) is 12.0 Å². The highest BCUT2D eigenvalue weighted by atomic mass is 32.2. The van der Waals surface area contributed by atoms with Crippen LogP contribution in [0.25, 0.3) is 11.3 Å². The van der Waals surface area contributed by atoms with E-state index in [-0.39, 0.29) is 11.7 Å². The molecule has 0 bridgehead atoms. The highest BCUT2D eigenvalue weighted by molar-refractivity contribution is 7.99. The van der Waals surface area contributed by atoms with E-state index in [0.29, 0.717) is 10.3 Å². The first kappa shape index (κ1) is 15.7. The number of carbonyl (C=O) groups excluding carboxylic acids is 1. The second-order valence-electron chi connectivity index (χ2n) is 4.72. The van der Waals surface area contributed by atoms with E-state index in [1.54, 1.807) is 0 Å². The molecule has 6 nitrogen and oxygen atoms in total. The fourth-order valence-electron chi connectivity index (χ4n) is 1.93. The van der Waals surface area contributed by atoms with Gasteiger partial charge in [-0.25, -0.2) is 9.97 Å². The van der Waals surface area contributed by atoms with E-state index >= 15 is 0 Å². The molecular formula is C15H15N5OS2. The highest BCUT2D eigenvalue weighted by Crippen LogP contribution is 2.25. The number of carbonyl (C=O) groups is 1. The van der Waals surface area contributed by atoms with Crippen LogP contribution in [0.4, 0.5) is 5.13 Å². The summed E-state index contributed by atoms with van der Waals surface area (Å²) >= 11 is 2.72. The fraction of sp³-hybridized carbons (Fsp3) is 0.200. The van der Waals surface area contributed by atoms with Crippen molar-refractivity contribution < 1.29 is 4.79 Å². The molecule has 0 aliphatic heterocycles. The maximum Gasteiger partial charge on any atom is 0.236 e. The number of rotatable bonds is 6. The number of H-pyrrole nitrogens is 1. The third-order valence-electron chi connectivity index (χ3n) is 3.14. The molecule has 1 amide bonds. The Morgan fingerprint density at radius 1 is 1.35 bits per heavy atom. The Balaban J connectivity index is 1.58. The van der Waals surface area contributed by atoms with E-state index in [4.69, 9.17) is 0 Å². The Hall–Kier alpha value is -2.19. The van der Waals surface area contributed by atoms with Crippen molar-refractivity contribution in [2.45, 2.75) is 18.5 Å². The quantitative estimate of drug-likeness (QED) is 0.670. The van der Waals surface area contributed by atoms with Crippen LogP contribution in [-0.2, 0) is 11.2 Å². The molecule has 0 aliphatic rings. The van der Waals surface area contributed by atoms with Gasteiger partial charge in [0.1, 0.15) is 6.33 Å². The number of hydrogen-bond donors (Lipinski definition) is 2. The monoisotopic (exact) mass is 345 g/mol. The van der Waals surface area contributed by atoms with Gasteiger partial charge < -0.3 is 5.32 Å². The molecule has 0 aliphatic carbocycles. The molecule has 2 heterocycles.